The molecule has 0 aliphatic heterocycles. The number of aryl methyl sites for hydroxylation is 1. The van der Waals surface area contributed by atoms with Crippen LogP contribution in [0.2, 0.25) is 0 Å². The Hall–Kier alpha value is -2.17. The van der Waals surface area contributed by atoms with E-state index in [9.17, 15) is 4.79 Å². The predicted molar refractivity (Wildman–Crippen MR) is 110 cm³/mol. The zero-order chi connectivity index (χ0) is 19.6. The van der Waals surface area contributed by atoms with Gasteiger partial charge >= 0.3 is 0 Å². The van der Waals surface area contributed by atoms with Crippen LogP contribution in [0.5, 0.6) is 0 Å². The number of hydrogen-bond donors (Lipinski definition) is 1. The Morgan fingerprint density at radius 1 is 1.18 bits per heavy atom. The van der Waals surface area contributed by atoms with Crippen molar-refractivity contribution in [3.05, 3.63) is 30.6 Å². The van der Waals surface area contributed by atoms with Gasteiger partial charge in [0.2, 0.25) is 5.91 Å². The third-order valence-corrected chi connectivity index (χ3v) is 7.44. The SMILES string of the molecule is CCn1cnnc1-c1cccc(NC(=O)C23CC4CC(C)(CC(C)(C4)C2)C3)c1. The highest BCUT2D eigenvalue weighted by Gasteiger charge is 2.62. The van der Waals surface area contributed by atoms with Crippen LogP contribution in [0.15, 0.2) is 30.6 Å². The molecule has 5 nitrogen and oxygen atoms in total. The summed E-state index contributed by atoms with van der Waals surface area (Å²) < 4.78 is 2.02. The molecule has 4 saturated carbocycles. The van der Waals surface area contributed by atoms with Gasteiger partial charge in [-0.05, 0) is 74.3 Å². The number of carbonyl (C=O) groups excluding carboxylic acids is 1. The Morgan fingerprint density at radius 3 is 2.61 bits per heavy atom. The minimum absolute atomic E-state index is 0.192. The van der Waals surface area contributed by atoms with Crippen LogP contribution in [0.3, 0.4) is 0 Å². The van der Waals surface area contributed by atoms with E-state index in [4.69, 9.17) is 0 Å². The first-order valence-electron chi connectivity index (χ1n) is 10.6. The molecule has 5 heteroatoms. The summed E-state index contributed by atoms with van der Waals surface area (Å²) in [6, 6.07) is 8.02. The first kappa shape index (κ1) is 17.9. The number of benzene rings is 1. The van der Waals surface area contributed by atoms with Crippen LogP contribution in [-0.2, 0) is 11.3 Å². The van der Waals surface area contributed by atoms with Crippen LogP contribution in [0, 0.1) is 22.2 Å². The van der Waals surface area contributed by atoms with Crippen LogP contribution in [0.25, 0.3) is 11.4 Å². The topological polar surface area (TPSA) is 59.8 Å². The number of nitrogens with zero attached hydrogens (tertiary/aromatic N) is 3. The molecular formula is C23H30N4O. The fourth-order valence-corrected chi connectivity index (χ4v) is 7.41. The highest BCUT2D eigenvalue weighted by molar-refractivity contribution is 5.96. The number of hydrogen-bond acceptors (Lipinski definition) is 3. The van der Waals surface area contributed by atoms with Crippen molar-refractivity contribution in [2.75, 3.05) is 5.32 Å². The van der Waals surface area contributed by atoms with Gasteiger partial charge < -0.3 is 9.88 Å². The van der Waals surface area contributed by atoms with Crippen LogP contribution in [0.1, 0.15) is 59.3 Å². The summed E-state index contributed by atoms with van der Waals surface area (Å²) in [5.41, 5.74) is 2.33. The van der Waals surface area contributed by atoms with Gasteiger partial charge in [-0.2, -0.15) is 0 Å². The molecule has 1 aromatic heterocycles. The van der Waals surface area contributed by atoms with Gasteiger partial charge in [-0.15, -0.1) is 10.2 Å². The summed E-state index contributed by atoms with van der Waals surface area (Å²) in [5, 5.41) is 11.6. The van der Waals surface area contributed by atoms with Crippen LogP contribution in [0.4, 0.5) is 5.69 Å². The van der Waals surface area contributed by atoms with Gasteiger partial charge in [-0.3, -0.25) is 4.79 Å². The second kappa shape index (κ2) is 5.91. The molecule has 4 aliphatic carbocycles. The number of aromatic nitrogens is 3. The molecule has 6 rings (SSSR count). The van der Waals surface area contributed by atoms with Crippen molar-refractivity contribution >= 4 is 11.6 Å². The van der Waals surface area contributed by atoms with E-state index in [-0.39, 0.29) is 11.3 Å². The van der Waals surface area contributed by atoms with Crippen LogP contribution in [-0.4, -0.2) is 20.7 Å². The standard InChI is InChI=1S/C23H30N4O/c1-4-27-15-24-26-19(27)17-6-5-7-18(8-17)25-20(28)23-11-16-9-21(2,13-23)12-22(3,10-16)14-23/h5-8,15-16H,4,9-14H2,1-3H3,(H,25,28). The van der Waals surface area contributed by atoms with E-state index in [0.717, 1.165) is 42.9 Å². The zero-order valence-electron chi connectivity index (χ0n) is 17.2. The van der Waals surface area contributed by atoms with Crippen molar-refractivity contribution < 1.29 is 4.79 Å². The van der Waals surface area contributed by atoms with E-state index >= 15 is 0 Å². The van der Waals surface area contributed by atoms with Crippen molar-refractivity contribution in [3.8, 4) is 11.4 Å². The molecule has 4 fully saturated rings. The highest BCUT2D eigenvalue weighted by atomic mass is 16.2. The Balaban J connectivity index is 1.41. The Morgan fingerprint density at radius 2 is 1.93 bits per heavy atom. The molecule has 1 N–H and O–H groups in total. The summed E-state index contributed by atoms with van der Waals surface area (Å²) in [7, 11) is 0. The van der Waals surface area contributed by atoms with Gasteiger partial charge in [0.1, 0.15) is 6.33 Å². The quantitative estimate of drug-likeness (QED) is 0.823. The average molecular weight is 379 g/mol. The van der Waals surface area contributed by atoms with Crippen molar-refractivity contribution in [1.29, 1.82) is 0 Å². The maximum atomic E-state index is 13.5. The fourth-order valence-electron chi connectivity index (χ4n) is 7.41. The molecule has 1 aromatic carbocycles. The molecule has 0 spiro atoms. The molecule has 2 unspecified atom stereocenters. The summed E-state index contributed by atoms with van der Waals surface area (Å²) in [4.78, 5) is 13.5. The second-order valence-electron chi connectivity index (χ2n) is 10.4. The number of nitrogens with one attached hydrogen (secondary N) is 1. The molecule has 0 saturated heterocycles. The summed E-state index contributed by atoms with van der Waals surface area (Å²) in [5.74, 6) is 1.78. The molecule has 2 atom stereocenters. The van der Waals surface area contributed by atoms with E-state index in [2.05, 4.69) is 36.3 Å². The lowest BCUT2D eigenvalue weighted by atomic mass is 9.40. The van der Waals surface area contributed by atoms with Gasteiger partial charge in [0.05, 0.1) is 5.41 Å². The molecule has 28 heavy (non-hydrogen) atoms. The third-order valence-electron chi connectivity index (χ3n) is 7.44. The van der Waals surface area contributed by atoms with E-state index in [0.29, 0.717) is 16.7 Å². The molecule has 1 amide bonds. The van der Waals surface area contributed by atoms with Gasteiger partial charge in [0.15, 0.2) is 5.82 Å². The largest absolute Gasteiger partial charge is 0.326 e. The Bertz CT molecular complexity index is 914. The maximum absolute atomic E-state index is 13.5. The summed E-state index contributed by atoms with van der Waals surface area (Å²) >= 11 is 0. The van der Waals surface area contributed by atoms with Crippen molar-refractivity contribution in [2.45, 2.75) is 65.8 Å². The lowest BCUT2D eigenvalue weighted by molar-refractivity contribution is -0.165. The molecule has 4 aliphatic rings. The molecule has 1 heterocycles. The maximum Gasteiger partial charge on any atom is 0.230 e. The third kappa shape index (κ3) is 2.78. The second-order valence-corrected chi connectivity index (χ2v) is 10.4. The van der Waals surface area contributed by atoms with Crippen LogP contribution >= 0.6 is 0 Å². The normalized spacial score (nSPS) is 35.9. The summed E-state index contributed by atoms with van der Waals surface area (Å²) in [6.45, 7) is 7.72. The van der Waals surface area contributed by atoms with Gasteiger partial charge in [0, 0.05) is 17.8 Å². The first-order chi connectivity index (χ1) is 13.3. The molecule has 0 radical (unpaired) electrons. The Kier molecular flexibility index (Phi) is 3.78. The first-order valence-corrected chi connectivity index (χ1v) is 10.6. The molecular weight excluding hydrogens is 348 g/mol. The molecule has 2 aromatic rings. The van der Waals surface area contributed by atoms with Gasteiger partial charge in [0.25, 0.3) is 0 Å². The lowest BCUT2D eigenvalue weighted by Crippen LogP contribution is -2.58. The fraction of sp³-hybridized carbons (Fsp3) is 0.609. The zero-order valence-corrected chi connectivity index (χ0v) is 17.2. The number of rotatable bonds is 4. The van der Waals surface area contributed by atoms with Gasteiger partial charge in [-0.1, -0.05) is 26.0 Å². The minimum atomic E-state index is -0.192. The molecule has 148 valence electrons. The van der Waals surface area contributed by atoms with Crippen molar-refractivity contribution in [2.24, 2.45) is 22.2 Å². The van der Waals surface area contributed by atoms with E-state index in [1.807, 2.05) is 28.8 Å². The predicted octanol–water partition coefficient (Wildman–Crippen LogP) is 4.90. The number of amides is 1. The van der Waals surface area contributed by atoms with E-state index in [1.165, 1.54) is 19.3 Å². The van der Waals surface area contributed by atoms with Crippen molar-refractivity contribution in [1.82, 2.24) is 14.8 Å². The monoisotopic (exact) mass is 378 g/mol. The Labute approximate surface area is 166 Å². The minimum Gasteiger partial charge on any atom is -0.326 e. The lowest BCUT2D eigenvalue weighted by Gasteiger charge is -2.64. The summed E-state index contributed by atoms with van der Waals surface area (Å²) in [6.07, 6.45) is 8.79. The highest BCUT2D eigenvalue weighted by Crippen LogP contribution is 2.69. The average Bonchev–Trinajstić information content (AvgIpc) is 3.07. The number of carbonyl (C=O) groups is 1. The van der Waals surface area contributed by atoms with Gasteiger partial charge in [-0.25, -0.2) is 0 Å². The van der Waals surface area contributed by atoms with E-state index in [1.54, 1.807) is 6.33 Å². The molecule has 4 bridgehead atoms. The number of anilines is 1. The van der Waals surface area contributed by atoms with Crippen molar-refractivity contribution in [3.63, 3.8) is 0 Å². The van der Waals surface area contributed by atoms with E-state index < -0.39 is 0 Å². The smallest absolute Gasteiger partial charge is 0.230 e. The van der Waals surface area contributed by atoms with Crippen LogP contribution < -0.4 is 5.32 Å².